The molecule has 0 aliphatic carbocycles. The van der Waals surface area contributed by atoms with Crippen molar-refractivity contribution < 1.29 is 28.6 Å². The average Bonchev–Trinajstić information content (AvgIpc) is 3.30. The molecule has 0 saturated heterocycles. The molecule has 0 spiro atoms. The molecule has 0 bridgehead atoms. The maximum absolute atomic E-state index is 12.8. The smallest absolute Gasteiger partial charge is 0.306 e. The first-order chi connectivity index (χ1) is 32.4. The summed E-state index contributed by atoms with van der Waals surface area (Å²) < 4.78 is 16.9. The predicted molar refractivity (Wildman–Crippen MR) is 284 cm³/mol. The zero-order chi connectivity index (χ0) is 48.1. The highest BCUT2D eigenvalue weighted by atomic mass is 16.6. The summed E-state index contributed by atoms with van der Waals surface area (Å²) in [5, 5.41) is 0. The molecule has 1 atom stereocenters. The van der Waals surface area contributed by atoms with Gasteiger partial charge in [-0.1, -0.05) is 304 Å². The molecule has 0 unspecified atom stereocenters. The standard InChI is InChI=1S/C60H116O6/c1-5-7-9-11-13-15-17-19-20-21-22-23-24-28-31-35-39-43-47-51-58(61)64-54-57(66-60(63)53-49-45-41-37-33-26-18-16-14-12-10-8-6-2)55-65-59(62)52-48-44-40-36-32-29-25-27-30-34-38-42-46-50-56(3)4/h56-57H,5-55H2,1-4H3/t57-/m0/s1. The van der Waals surface area contributed by atoms with Crippen LogP contribution in [0.1, 0.15) is 342 Å². The van der Waals surface area contributed by atoms with Crippen LogP contribution >= 0.6 is 0 Å². The van der Waals surface area contributed by atoms with Gasteiger partial charge >= 0.3 is 17.9 Å². The SMILES string of the molecule is CCCCCCCCCCCCCCCCCCCCCC(=O)OC[C@@H](COC(=O)CCCCCCCCCCCCCCCC(C)C)OC(=O)CCCCCCCCCCCCCCC. The summed E-state index contributed by atoms with van der Waals surface area (Å²) >= 11 is 0. The van der Waals surface area contributed by atoms with Crippen LogP contribution in [-0.2, 0) is 28.6 Å². The second-order valence-corrected chi connectivity index (χ2v) is 21.1. The summed E-state index contributed by atoms with van der Waals surface area (Å²) in [5.41, 5.74) is 0. The van der Waals surface area contributed by atoms with E-state index in [-0.39, 0.29) is 31.1 Å². The minimum absolute atomic E-state index is 0.0616. The number of hydrogen-bond acceptors (Lipinski definition) is 6. The van der Waals surface area contributed by atoms with Gasteiger partial charge in [-0.15, -0.1) is 0 Å². The quantitative estimate of drug-likeness (QED) is 0.0343. The van der Waals surface area contributed by atoms with Crippen LogP contribution in [0.25, 0.3) is 0 Å². The van der Waals surface area contributed by atoms with Crippen LogP contribution in [0.5, 0.6) is 0 Å². The lowest BCUT2D eigenvalue weighted by Crippen LogP contribution is -2.30. The topological polar surface area (TPSA) is 78.9 Å². The number of unbranched alkanes of at least 4 members (excludes halogenated alkanes) is 42. The van der Waals surface area contributed by atoms with E-state index in [4.69, 9.17) is 14.2 Å². The van der Waals surface area contributed by atoms with Crippen LogP contribution < -0.4 is 0 Å². The van der Waals surface area contributed by atoms with Crippen LogP contribution in [0.3, 0.4) is 0 Å². The first-order valence-corrected chi connectivity index (χ1v) is 29.9. The Morgan fingerprint density at radius 1 is 0.288 bits per heavy atom. The Bertz CT molecular complexity index is 996. The Kier molecular flexibility index (Phi) is 53.0. The monoisotopic (exact) mass is 933 g/mol. The normalized spacial score (nSPS) is 12.0. The van der Waals surface area contributed by atoms with Gasteiger partial charge < -0.3 is 14.2 Å². The van der Waals surface area contributed by atoms with E-state index in [9.17, 15) is 14.4 Å². The van der Waals surface area contributed by atoms with Crippen molar-refractivity contribution in [3.8, 4) is 0 Å². The second-order valence-electron chi connectivity index (χ2n) is 21.1. The molecule has 0 saturated carbocycles. The largest absolute Gasteiger partial charge is 0.462 e. The lowest BCUT2D eigenvalue weighted by molar-refractivity contribution is -0.167. The Labute approximate surface area is 412 Å². The van der Waals surface area contributed by atoms with E-state index in [0.717, 1.165) is 63.7 Å². The highest BCUT2D eigenvalue weighted by molar-refractivity contribution is 5.71. The van der Waals surface area contributed by atoms with Crippen molar-refractivity contribution in [2.75, 3.05) is 13.2 Å². The summed E-state index contributed by atoms with van der Waals surface area (Å²) in [4.78, 5) is 38.2. The van der Waals surface area contributed by atoms with Crippen LogP contribution in [0.15, 0.2) is 0 Å². The lowest BCUT2D eigenvalue weighted by atomic mass is 10.0. The van der Waals surface area contributed by atoms with Gasteiger partial charge in [-0.3, -0.25) is 14.4 Å². The van der Waals surface area contributed by atoms with E-state index < -0.39 is 6.10 Å². The number of esters is 3. The highest BCUT2D eigenvalue weighted by Gasteiger charge is 2.19. The Morgan fingerprint density at radius 3 is 0.742 bits per heavy atom. The molecule has 0 aliphatic heterocycles. The third kappa shape index (κ3) is 53.4. The van der Waals surface area contributed by atoms with Crippen molar-refractivity contribution >= 4 is 17.9 Å². The van der Waals surface area contributed by atoms with Crippen LogP contribution in [0.2, 0.25) is 0 Å². The van der Waals surface area contributed by atoms with Crippen molar-refractivity contribution in [1.82, 2.24) is 0 Å². The zero-order valence-corrected chi connectivity index (χ0v) is 45.2. The molecule has 0 amide bonds. The molecule has 0 aromatic rings. The molecule has 0 radical (unpaired) electrons. The summed E-state index contributed by atoms with van der Waals surface area (Å²) in [7, 11) is 0. The summed E-state index contributed by atoms with van der Waals surface area (Å²) in [6.45, 7) is 9.07. The molecule has 0 aromatic carbocycles. The molecule has 0 heterocycles. The van der Waals surface area contributed by atoms with Gasteiger partial charge in [-0.25, -0.2) is 0 Å². The molecule has 6 heteroatoms. The fourth-order valence-electron chi connectivity index (χ4n) is 9.28. The first kappa shape index (κ1) is 64.4. The molecule has 0 fully saturated rings. The zero-order valence-electron chi connectivity index (χ0n) is 45.2. The molecular weight excluding hydrogens is 817 g/mol. The Morgan fingerprint density at radius 2 is 0.500 bits per heavy atom. The van der Waals surface area contributed by atoms with Crippen LogP contribution in [0, 0.1) is 5.92 Å². The van der Waals surface area contributed by atoms with E-state index in [1.807, 2.05) is 0 Å². The van der Waals surface area contributed by atoms with E-state index in [1.165, 1.54) is 238 Å². The molecule has 392 valence electrons. The van der Waals surface area contributed by atoms with E-state index in [1.54, 1.807) is 0 Å². The minimum Gasteiger partial charge on any atom is -0.462 e. The van der Waals surface area contributed by atoms with Crippen molar-refractivity contribution in [2.24, 2.45) is 5.92 Å². The van der Waals surface area contributed by atoms with Gasteiger partial charge in [-0.2, -0.15) is 0 Å². The molecule has 0 rings (SSSR count). The maximum atomic E-state index is 12.8. The molecule has 66 heavy (non-hydrogen) atoms. The number of carbonyl (C=O) groups is 3. The van der Waals surface area contributed by atoms with Gasteiger partial charge in [0.15, 0.2) is 6.10 Å². The summed E-state index contributed by atoms with van der Waals surface area (Å²) in [6.07, 6.45) is 59.5. The fourth-order valence-corrected chi connectivity index (χ4v) is 9.28. The Balaban J connectivity index is 4.26. The van der Waals surface area contributed by atoms with Gasteiger partial charge in [0, 0.05) is 19.3 Å². The average molecular weight is 934 g/mol. The predicted octanol–water partition coefficient (Wildman–Crippen LogP) is 19.8. The van der Waals surface area contributed by atoms with Crippen LogP contribution in [0.4, 0.5) is 0 Å². The van der Waals surface area contributed by atoms with E-state index in [0.29, 0.717) is 19.3 Å². The van der Waals surface area contributed by atoms with E-state index in [2.05, 4.69) is 27.7 Å². The number of ether oxygens (including phenoxy) is 3. The van der Waals surface area contributed by atoms with Gasteiger partial charge in [0.25, 0.3) is 0 Å². The highest BCUT2D eigenvalue weighted by Crippen LogP contribution is 2.18. The van der Waals surface area contributed by atoms with Crippen molar-refractivity contribution in [1.29, 1.82) is 0 Å². The second kappa shape index (κ2) is 54.4. The molecule has 6 nitrogen and oxygen atoms in total. The summed E-state index contributed by atoms with van der Waals surface area (Å²) in [6, 6.07) is 0. The lowest BCUT2D eigenvalue weighted by Gasteiger charge is -2.18. The van der Waals surface area contributed by atoms with Crippen LogP contribution in [-0.4, -0.2) is 37.2 Å². The number of carbonyl (C=O) groups excluding carboxylic acids is 3. The van der Waals surface area contributed by atoms with Crippen molar-refractivity contribution in [2.45, 2.75) is 348 Å². The molecular formula is C60H116O6. The van der Waals surface area contributed by atoms with Gasteiger partial charge in [0.1, 0.15) is 13.2 Å². The third-order valence-electron chi connectivity index (χ3n) is 13.8. The molecule has 0 aliphatic rings. The van der Waals surface area contributed by atoms with Gasteiger partial charge in [0.05, 0.1) is 0 Å². The Hall–Kier alpha value is -1.59. The number of rotatable bonds is 55. The molecule has 0 aromatic heterocycles. The third-order valence-corrected chi connectivity index (χ3v) is 13.8. The summed E-state index contributed by atoms with van der Waals surface area (Å²) in [5.74, 6) is 0.00639. The molecule has 0 N–H and O–H groups in total. The van der Waals surface area contributed by atoms with Crippen molar-refractivity contribution in [3.63, 3.8) is 0 Å². The first-order valence-electron chi connectivity index (χ1n) is 29.9. The fraction of sp³-hybridized carbons (Fsp3) is 0.950. The van der Waals surface area contributed by atoms with Gasteiger partial charge in [-0.05, 0) is 25.2 Å². The van der Waals surface area contributed by atoms with E-state index >= 15 is 0 Å². The van der Waals surface area contributed by atoms with Gasteiger partial charge in [0.2, 0.25) is 0 Å². The number of hydrogen-bond donors (Lipinski definition) is 0. The van der Waals surface area contributed by atoms with Crippen molar-refractivity contribution in [3.05, 3.63) is 0 Å². The minimum atomic E-state index is -0.762. The maximum Gasteiger partial charge on any atom is 0.306 e.